The first kappa shape index (κ1) is 23.1. The lowest BCUT2D eigenvalue weighted by atomic mass is 10.1. The maximum Gasteiger partial charge on any atom is 0.325 e. The summed E-state index contributed by atoms with van der Waals surface area (Å²) < 4.78 is 24.2. The molecular weight excluding hydrogens is 468 g/mol. The van der Waals surface area contributed by atoms with E-state index in [1.807, 2.05) is 60.8 Å². The Balaban J connectivity index is 1.31. The Morgan fingerprint density at radius 2 is 1.80 bits per heavy atom. The van der Waals surface area contributed by atoms with E-state index in [1.165, 1.54) is 4.90 Å². The first-order chi connectivity index (χ1) is 16.8. The molecule has 4 amide bonds. The van der Waals surface area contributed by atoms with Gasteiger partial charge in [0.2, 0.25) is 5.91 Å². The minimum atomic E-state index is -3.23. The van der Waals surface area contributed by atoms with Crippen LogP contribution in [0, 0.1) is 0 Å². The number of rotatable bonds is 7. The lowest BCUT2D eigenvalue weighted by Crippen LogP contribution is -2.47. The van der Waals surface area contributed by atoms with Crippen LogP contribution >= 0.6 is 0 Å². The highest BCUT2D eigenvalue weighted by molar-refractivity contribution is 7.91. The molecule has 3 aromatic rings. The molecule has 2 aliphatic heterocycles. The summed E-state index contributed by atoms with van der Waals surface area (Å²) in [5, 5.41) is 3.66. The molecule has 9 nitrogen and oxygen atoms in total. The van der Waals surface area contributed by atoms with Gasteiger partial charge in [0.1, 0.15) is 12.6 Å². The van der Waals surface area contributed by atoms with Gasteiger partial charge in [-0.15, -0.1) is 0 Å². The smallest absolute Gasteiger partial charge is 0.325 e. The molecule has 2 N–H and O–H groups in total. The predicted molar refractivity (Wildman–Crippen MR) is 130 cm³/mol. The van der Waals surface area contributed by atoms with Crippen LogP contribution in [0.1, 0.15) is 17.5 Å². The van der Waals surface area contributed by atoms with E-state index in [2.05, 4.69) is 10.3 Å². The number of carbonyl (C=O) groups is 3. The van der Waals surface area contributed by atoms with E-state index in [-0.39, 0.29) is 18.1 Å². The molecule has 3 heterocycles. The van der Waals surface area contributed by atoms with Crippen molar-refractivity contribution in [3.63, 3.8) is 0 Å². The number of fused-ring (bicyclic) bond motifs is 1. The maximum absolute atomic E-state index is 13.3. The second kappa shape index (κ2) is 9.18. The zero-order valence-corrected chi connectivity index (χ0v) is 19.8. The molecule has 1 aromatic heterocycles. The molecule has 0 bridgehead atoms. The number of amides is 4. The number of H-pyrrole nitrogens is 1. The fourth-order valence-electron chi connectivity index (χ4n) is 4.83. The molecule has 2 saturated heterocycles. The molecule has 0 unspecified atom stereocenters. The number of nitrogens with one attached hydrogen (secondary N) is 2. The third-order valence-electron chi connectivity index (χ3n) is 6.66. The van der Waals surface area contributed by atoms with Gasteiger partial charge in [-0.2, -0.15) is 0 Å². The standard InChI is InChI=1S/C25H26N4O5S/c30-23(28(14-17-6-2-1-3-7-17)19-10-11-35(33,34)16-19)15-29-24(31)22(27-25(29)32)12-18-13-26-21-9-5-4-8-20(18)21/h1-9,13,19,22,26H,10-12,14-16H2,(H,27,32)/t19-,22-/m1/s1. The van der Waals surface area contributed by atoms with Crippen LogP contribution in [0.25, 0.3) is 10.9 Å². The highest BCUT2D eigenvalue weighted by Gasteiger charge is 2.41. The average molecular weight is 495 g/mol. The number of aromatic nitrogens is 1. The molecule has 182 valence electrons. The fraction of sp³-hybridized carbons (Fsp3) is 0.320. The summed E-state index contributed by atoms with van der Waals surface area (Å²) in [6.45, 7) is -0.222. The number of benzene rings is 2. The Hall–Kier alpha value is -3.66. The maximum atomic E-state index is 13.3. The summed E-state index contributed by atoms with van der Waals surface area (Å²) in [7, 11) is -3.23. The van der Waals surface area contributed by atoms with Crippen LogP contribution in [-0.2, 0) is 32.4 Å². The van der Waals surface area contributed by atoms with Crippen LogP contribution in [0.5, 0.6) is 0 Å². The number of nitrogens with zero attached hydrogens (tertiary/aromatic N) is 2. The van der Waals surface area contributed by atoms with E-state index in [4.69, 9.17) is 0 Å². The van der Waals surface area contributed by atoms with Crippen molar-refractivity contribution in [1.82, 2.24) is 20.1 Å². The van der Waals surface area contributed by atoms with Crippen molar-refractivity contribution in [2.24, 2.45) is 0 Å². The van der Waals surface area contributed by atoms with Gasteiger partial charge in [-0.25, -0.2) is 13.2 Å². The Labute approximate surface area is 203 Å². The largest absolute Gasteiger partial charge is 0.361 e. The normalized spacial score (nSPS) is 21.4. The molecule has 2 fully saturated rings. The molecule has 2 aliphatic rings. The molecule has 0 saturated carbocycles. The molecule has 2 atom stereocenters. The number of carbonyl (C=O) groups excluding carboxylic acids is 3. The number of imide groups is 1. The molecule has 0 radical (unpaired) electrons. The van der Waals surface area contributed by atoms with E-state index >= 15 is 0 Å². The quantitative estimate of drug-likeness (QED) is 0.486. The summed E-state index contributed by atoms with van der Waals surface area (Å²) in [5.74, 6) is -1.01. The summed E-state index contributed by atoms with van der Waals surface area (Å²) in [5.41, 5.74) is 2.68. The summed E-state index contributed by atoms with van der Waals surface area (Å²) >= 11 is 0. The Bertz CT molecular complexity index is 1390. The third-order valence-corrected chi connectivity index (χ3v) is 8.41. The fourth-order valence-corrected chi connectivity index (χ4v) is 6.56. The number of hydrogen-bond acceptors (Lipinski definition) is 5. The predicted octanol–water partition coefficient (Wildman–Crippen LogP) is 1.85. The van der Waals surface area contributed by atoms with Gasteiger partial charge in [-0.1, -0.05) is 48.5 Å². The van der Waals surface area contributed by atoms with Crippen LogP contribution in [0.3, 0.4) is 0 Å². The van der Waals surface area contributed by atoms with Gasteiger partial charge in [0.05, 0.1) is 11.5 Å². The van der Waals surface area contributed by atoms with E-state index < -0.39 is 46.3 Å². The Morgan fingerprint density at radius 1 is 1.06 bits per heavy atom. The highest BCUT2D eigenvalue weighted by atomic mass is 32.2. The van der Waals surface area contributed by atoms with Gasteiger partial charge in [-0.3, -0.25) is 14.5 Å². The van der Waals surface area contributed by atoms with Crippen LogP contribution in [0.4, 0.5) is 4.79 Å². The van der Waals surface area contributed by atoms with E-state index in [1.54, 1.807) is 0 Å². The summed E-state index contributed by atoms with van der Waals surface area (Å²) in [6.07, 6.45) is 2.46. The molecule has 10 heteroatoms. The van der Waals surface area contributed by atoms with Crippen LogP contribution in [-0.4, -0.2) is 71.2 Å². The number of aromatic amines is 1. The first-order valence-electron chi connectivity index (χ1n) is 11.5. The molecule has 0 spiro atoms. The lowest BCUT2D eigenvalue weighted by molar-refractivity contribution is -0.139. The monoisotopic (exact) mass is 494 g/mol. The average Bonchev–Trinajstić information content (AvgIpc) is 3.50. The molecule has 5 rings (SSSR count). The van der Waals surface area contributed by atoms with Crippen molar-refractivity contribution >= 4 is 38.6 Å². The van der Waals surface area contributed by atoms with Crippen LogP contribution < -0.4 is 5.32 Å². The first-order valence-corrected chi connectivity index (χ1v) is 13.3. The molecule has 0 aliphatic carbocycles. The van der Waals surface area contributed by atoms with Gasteiger partial charge in [0, 0.05) is 36.1 Å². The summed E-state index contributed by atoms with van der Waals surface area (Å²) in [4.78, 5) is 44.7. The van der Waals surface area contributed by atoms with Crippen molar-refractivity contribution in [3.05, 3.63) is 71.9 Å². The number of sulfone groups is 1. The molecule has 2 aromatic carbocycles. The van der Waals surface area contributed by atoms with Crippen molar-refractivity contribution in [3.8, 4) is 0 Å². The summed E-state index contributed by atoms with van der Waals surface area (Å²) in [6, 6.07) is 15.1. The minimum Gasteiger partial charge on any atom is -0.361 e. The van der Waals surface area contributed by atoms with E-state index in [0.717, 1.165) is 26.9 Å². The van der Waals surface area contributed by atoms with Crippen molar-refractivity contribution in [2.45, 2.75) is 31.5 Å². The van der Waals surface area contributed by atoms with Gasteiger partial charge >= 0.3 is 6.03 Å². The Kier molecular flexibility index (Phi) is 6.06. The zero-order chi connectivity index (χ0) is 24.6. The molecule has 35 heavy (non-hydrogen) atoms. The second-order valence-electron chi connectivity index (χ2n) is 9.05. The highest BCUT2D eigenvalue weighted by Crippen LogP contribution is 2.23. The molecular formula is C25H26N4O5S. The van der Waals surface area contributed by atoms with Gasteiger partial charge in [0.25, 0.3) is 5.91 Å². The zero-order valence-electron chi connectivity index (χ0n) is 19.0. The van der Waals surface area contributed by atoms with Gasteiger partial charge in [-0.05, 0) is 23.6 Å². The number of para-hydroxylation sites is 1. The topological polar surface area (TPSA) is 120 Å². The van der Waals surface area contributed by atoms with Crippen LogP contribution in [0.15, 0.2) is 60.8 Å². The minimum absolute atomic E-state index is 0.0199. The van der Waals surface area contributed by atoms with Crippen molar-refractivity contribution in [1.29, 1.82) is 0 Å². The lowest BCUT2D eigenvalue weighted by Gasteiger charge is -2.29. The van der Waals surface area contributed by atoms with Crippen molar-refractivity contribution < 1.29 is 22.8 Å². The number of urea groups is 1. The van der Waals surface area contributed by atoms with Crippen LogP contribution in [0.2, 0.25) is 0 Å². The van der Waals surface area contributed by atoms with Gasteiger partial charge in [0.15, 0.2) is 9.84 Å². The third kappa shape index (κ3) is 4.79. The van der Waals surface area contributed by atoms with E-state index in [9.17, 15) is 22.8 Å². The van der Waals surface area contributed by atoms with Crippen molar-refractivity contribution in [2.75, 3.05) is 18.1 Å². The SMILES string of the molecule is O=C1N[C@H](Cc2c[nH]c3ccccc23)C(=O)N1CC(=O)N(Cc1ccccc1)[C@@H]1CCS(=O)(=O)C1. The second-order valence-corrected chi connectivity index (χ2v) is 11.3. The van der Waals surface area contributed by atoms with Gasteiger partial charge < -0.3 is 15.2 Å². The number of hydrogen-bond donors (Lipinski definition) is 2. The van der Waals surface area contributed by atoms with E-state index in [0.29, 0.717) is 12.8 Å². The Morgan fingerprint density at radius 3 is 2.54 bits per heavy atom.